The number of benzene rings is 1. The third-order valence-corrected chi connectivity index (χ3v) is 4.58. The Morgan fingerprint density at radius 2 is 2.33 bits per heavy atom. The summed E-state index contributed by atoms with van der Waals surface area (Å²) in [6, 6.07) is 4.59. The Balaban J connectivity index is 1.68. The van der Waals surface area contributed by atoms with Gasteiger partial charge in [-0.1, -0.05) is 0 Å². The molecule has 1 aromatic carbocycles. The summed E-state index contributed by atoms with van der Waals surface area (Å²) in [5, 5.41) is 7.63. The minimum atomic E-state index is -0.466. The third kappa shape index (κ3) is 3.53. The van der Waals surface area contributed by atoms with Gasteiger partial charge in [-0.15, -0.1) is 11.3 Å². The fourth-order valence-electron chi connectivity index (χ4n) is 2.45. The van der Waals surface area contributed by atoms with Gasteiger partial charge in [0.05, 0.1) is 18.7 Å². The van der Waals surface area contributed by atoms with Crippen LogP contribution in [0.3, 0.4) is 0 Å². The number of carbonyl (C=O) groups excluding carboxylic acids is 2. The molecule has 0 aliphatic carbocycles. The second-order valence-corrected chi connectivity index (χ2v) is 6.27. The number of hydrogen-bond donors (Lipinski definition) is 2. The summed E-state index contributed by atoms with van der Waals surface area (Å²) in [6.07, 6.45) is 0.881. The van der Waals surface area contributed by atoms with E-state index in [1.54, 1.807) is 11.4 Å². The predicted octanol–water partition coefficient (Wildman–Crippen LogP) is 2.42. The maximum atomic E-state index is 13.8. The molecule has 8 heteroatoms. The fraction of sp³-hybridized carbons (Fsp3) is 0.312. The SMILES string of the molecule is COc1ccc(-c2csc(NC(=O)C3CCC(=O)NC3)n2)cc1F. The van der Waals surface area contributed by atoms with Crippen molar-refractivity contribution in [2.45, 2.75) is 12.8 Å². The molecular weight excluding hydrogens is 333 g/mol. The largest absolute Gasteiger partial charge is 0.494 e. The molecule has 1 aliphatic rings. The Bertz CT molecular complexity index is 768. The summed E-state index contributed by atoms with van der Waals surface area (Å²) in [6.45, 7) is 0.340. The molecule has 3 rings (SSSR count). The van der Waals surface area contributed by atoms with Crippen LogP contribution >= 0.6 is 11.3 Å². The number of ether oxygens (including phenoxy) is 1. The minimum Gasteiger partial charge on any atom is -0.494 e. The Hall–Kier alpha value is -2.48. The van der Waals surface area contributed by atoms with Crippen molar-refractivity contribution in [1.29, 1.82) is 0 Å². The molecule has 2 aromatic rings. The maximum absolute atomic E-state index is 13.8. The van der Waals surface area contributed by atoms with Crippen LogP contribution in [0.2, 0.25) is 0 Å². The lowest BCUT2D eigenvalue weighted by molar-refractivity contribution is -0.126. The van der Waals surface area contributed by atoms with Crippen LogP contribution in [0.15, 0.2) is 23.6 Å². The molecule has 0 spiro atoms. The Kier molecular flexibility index (Phi) is 4.75. The van der Waals surface area contributed by atoms with Crippen LogP contribution in [0.25, 0.3) is 11.3 Å². The van der Waals surface area contributed by atoms with Crippen molar-refractivity contribution in [3.05, 3.63) is 29.4 Å². The number of nitrogens with one attached hydrogen (secondary N) is 2. The maximum Gasteiger partial charge on any atom is 0.231 e. The van der Waals surface area contributed by atoms with Crippen LogP contribution in [0.1, 0.15) is 12.8 Å². The summed E-state index contributed by atoms with van der Waals surface area (Å²) in [5.41, 5.74) is 1.18. The second kappa shape index (κ2) is 6.96. The lowest BCUT2D eigenvalue weighted by atomic mass is 9.98. The van der Waals surface area contributed by atoms with E-state index >= 15 is 0 Å². The average Bonchev–Trinajstić information content (AvgIpc) is 3.04. The first-order valence-corrected chi connectivity index (χ1v) is 8.32. The van der Waals surface area contributed by atoms with E-state index < -0.39 is 5.82 Å². The van der Waals surface area contributed by atoms with Gasteiger partial charge in [0.15, 0.2) is 16.7 Å². The predicted molar refractivity (Wildman–Crippen MR) is 88.4 cm³/mol. The van der Waals surface area contributed by atoms with E-state index in [0.29, 0.717) is 35.8 Å². The molecule has 6 nitrogen and oxygen atoms in total. The van der Waals surface area contributed by atoms with Gasteiger partial charge in [-0.05, 0) is 24.6 Å². The number of aromatic nitrogens is 1. The first-order chi connectivity index (χ1) is 11.6. The molecule has 0 saturated carbocycles. The molecule has 1 atom stereocenters. The van der Waals surface area contributed by atoms with Crippen LogP contribution in [-0.2, 0) is 9.59 Å². The van der Waals surface area contributed by atoms with E-state index in [-0.39, 0.29) is 23.5 Å². The normalized spacial score (nSPS) is 17.2. The minimum absolute atomic E-state index is 0.0304. The lowest BCUT2D eigenvalue weighted by Crippen LogP contribution is -2.40. The number of nitrogens with zero attached hydrogens (tertiary/aromatic N) is 1. The standard InChI is InChI=1S/C16H16FN3O3S/c1-23-13-4-2-9(6-11(13)17)12-8-24-16(19-12)20-15(22)10-3-5-14(21)18-7-10/h2,4,6,8,10H,3,5,7H2,1H3,(H,18,21)(H,19,20,22). The van der Waals surface area contributed by atoms with Crippen molar-refractivity contribution >= 4 is 28.3 Å². The number of anilines is 1. The molecule has 0 radical (unpaired) electrons. The Morgan fingerprint density at radius 3 is 3.00 bits per heavy atom. The molecule has 0 bridgehead atoms. The molecule has 126 valence electrons. The highest BCUT2D eigenvalue weighted by atomic mass is 32.1. The monoisotopic (exact) mass is 349 g/mol. The molecule has 24 heavy (non-hydrogen) atoms. The first-order valence-electron chi connectivity index (χ1n) is 7.44. The van der Waals surface area contributed by atoms with E-state index in [9.17, 15) is 14.0 Å². The van der Waals surface area contributed by atoms with Crippen molar-refractivity contribution < 1.29 is 18.7 Å². The molecule has 2 amide bonds. The number of halogens is 1. The van der Waals surface area contributed by atoms with Crippen LogP contribution in [0.5, 0.6) is 5.75 Å². The van der Waals surface area contributed by atoms with Gasteiger partial charge in [0, 0.05) is 23.9 Å². The van der Waals surface area contributed by atoms with Gasteiger partial charge in [0.2, 0.25) is 11.8 Å². The lowest BCUT2D eigenvalue weighted by Gasteiger charge is -2.20. The molecule has 2 N–H and O–H groups in total. The highest BCUT2D eigenvalue weighted by molar-refractivity contribution is 7.14. The number of piperidine rings is 1. The summed E-state index contributed by atoms with van der Waals surface area (Å²) in [4.78, 5) is 27.6. The summed E-state index contributed by atoms with van der Waals surface area (Å²) in [7, 11) is 1.41. The summed E-state index contributed by atoms with van der Waals surface area (Å²) in [5.74, 6) is -0.754. The topological polar surface area (TPSA) is 80.3 Å². The van der Waals surface area contributed by atoms with Gasteiger partial charge in [0.1, 0.15) is 0 Å². The van der Waals surface area contributed by atoms with Crippen molar-refractivity contribution in [1.82, 2.24) is 10.3 Å². The zero-order valence-electron chi connectivity index (χ0n) is 13.0. The van der Waals surface area contributed by atoms with E-state index in [0.717, 1.165) is 0 Å². The van der Waals surface area contributed by atoms with Gasteiger partial charge in [-0.2, -0.15) is 0 Å². The van der Waals surface area contributed by atoms with E-state index in [4.69, 9.17) is 4.74 Å². The molecule has 1 saturated heterocycles. The van der Waals surface area contributed by atoms with Crippen molar-refractivity contribution in [3.63, 3.8) is 0 Å². The van der Waals surface area contributed by atoms with Crippen LogP contribution in [0.4, 0.5) is 9.52 Å². The number of hydrogen-bond acceptors (Lipinski definition) is 5. The molecular formula is C16H16FN3O3S. The smallest absolute Gasteiger partial charge is 0.231 e. The molecule has 1 unspecified atom stereocenters. The summed E-state index contributed by atoms with van der Waals surface area (Å²) >= 11 is 1.27. The van der Waals surface area contributed by atoms with Gasteiger partial charge < -0.3 is 15.4 Å². The van der Waals surface area contributed by atoms with E-state index in [1.807, 2.05) is 0 Å². The highest BCUT2D eigenvalue weighted by Gasteiger charge is 2.25. The molecule has 1 fully saturated rings. The molecule has 1 aromatic heterocycles. The number of thiazole rings is 1. The van der Waals surface area contributed by atoms with Crippen LogP contribution in [0, 0.1) is 11.7 Å². The highest BCUT2D eigenvalue weighted by Crippen LogP contribution is 2.28. The van der Waals surface area contributed by atoms with Crippen molar-refractivity contribution in [3.8, 4) is 17.0 Å². The van der Waals surface area contributed by atoms with Gasteiger partial charge in [-0.25, -0.2) is 9.37 Å². The zero-order chi connectivity index (χ0) is 17.1. The van der Waals surface area contributed by atoms with Gasteiger partial charge in [0.25, 0.3) is 0 Å². The van der Waals surface area contributed by atoms with Crippen molar-refractivity contribution in [2.75, 3.05) is 19.0 Å². The zero-order valence-corrected chi connectivity index (χ0v) is 13.8. The Labute approximate surface area is 142 Å². The number of rotatable bonds is 4. The first kappa shape index (κ1) is 16.4. The quantitative estimate of drug-likeness (QED) is 0.888. The third-order valence-electron chi connectivity index (χ3n) is 3.82. The van der Waals surface area contributed by atoms with Gasteiger partial charge >= 0.3 is 0 Å². The summed E-state index contributed by atoms with van der Waals surface area (Å²) < 4.78 is 18.7. The number of amides is 2. The number of carbonyl (C=O) groups is 2. The average molecular weight is 349 g/mol. The van der Waals surface area contributed by atoms with Gasteiger partial charge in [-0.3, -0.25) is 9.59 Å². The van der Waals surface area contributed by atoms with Crippen LogP contribution in [-0.4, -0.2) is 30.5 Å². The van der Waals surface area contributed by atoms with E-state index in [2.05, 4.69) is 15.6 Å². The van der Waals surface area contributed by atoms with E-state index in [1.165, 1.54) is 30.6 Å². The fourth-order valence-corrected chi connectivity index (χ4v) is 3.18. The Morgan fingerprint density at radius 1 is 1.50 bits per heavy atom. The number of methoxy groups -OCH3 is 1. The van der Waals surface area contributed by atoms with Crippen molar-refractivity contribution in [2.24, 2.45) is 5.92 Å². The molecule has 2 heterocycles. The van der Waals surface area contributed by atoms with Crippen LogP contribution < -0.4 is 15.4 Å². The second-order valence-electron chi connectivity index (χ2n) is 5.42. The molecule has 1 aliphatic heterocycles.